The number of ether oxygens (including phenoxy) is 3. The molecule has 0 unspecified atom stereocenters. The van der Waals surface area contributed by atoms with Gasteiger partial charge in [0.1, 0.15) is 23.9 Å². The third kappa shape index (κ3) is 4.64. The van der Waals surface area contributed by atoms with Crippen LogP contribution in [0.4, 0.5) is 17.2 Å². The molecule has 3 aromatic rings. The van der Waals surface area contributed by atoms with E-state index in [9.17, 15) is 4.21 Å². The standard InChI is InChI=1S/C23H27N5O4S/c1-15-10-16(28-33(29)8-3-4-9-33)11-18-21(15)22(26-14-25-18)27-17-6-5-7-24-23(17)32-20-13-31-12-19(20)30-2/h5-7,10-11,14,19-20H,3-4,8-9,12-13H2,1-2H3,(H,25,26,27)/t19-,20+/m0/s1. The highest BCUT2D eigenvalue weighted by molar-refractivity contribution is 7.93. The van der Waals surface area contributed by atoms with E-state index in [1.165, 1.54) is 6.33 Å². The number of hydrogen-bond donors (Lipinski definition) is 1. The number of nitrogens with zero attached hydrogens (tertiary/aromatic N) is 4. The van der Waals surface area contributed by atoms with Crippen molar-refractivity contribution in [1.29, 1.82) is 0 Å². The summed E-state index contributed by atoms with van der Waals surface area (Å²) in [7, 11) is -0.509. The molecule has 174 valence electrons. The van der Waals surface area contributed by atoms with Gasteiger partial charge in [0.05, 0.1) is 34.1 Å². The lowest BCUT2D eigenvalue weighted by Crippen LogP contribution is -2.32. The molecule has 2 saturated heterocycles. The smallest absolute Gasteiger partial charge is 0.238 e. The van der Waals surface area contributed by atoms with Crippen molar-refractivity contribution in [1.82, 2.24) is 15.0 Å². The van der Waals surface area contributed by atoms with Crippen molar-refractivity contribution in [2.75, 3.05) is 37.1 Å². The van der Waals surface area contributed by atoms with Gasteiger partial charge in [0.25, 0.3) is 0 Å². The number of anilines is 2. The van der Waals surface area contributed by atoms with Crippen LogP contribution in [0, 0.1) is 6.92 Å². The molecule has 2 aromatic heterocycles. The third-order valence-corrected chi connectivity index (χ3v) is 8.33. The average Bonchev–Trinajstić information content (AvgIpc) is 3.43. The SMILES string of the molecule is CO[C@H]1COC[C@H]1Oc1ncccc1Nc1ncnc2cc(N=S3(=O)CCCC3)cc(C)c12. The van der Waals surface area contributed by atoms with E-state index < -0.39 is 9.73 Å². The van der Waals surface area contributed by atoms with Crippen molar-refractivity contribution < 1.29 is 18.4 Å². The largest absolute Gasteiger partial charge is 0.468 e. The highest BCUT2D eigenvalue weighted by Crippen LogP contribution is 2.33. The molecule has 9 nitrogen and oxygen atoms in total. The monoisotopic (exact) mass is 469 g/mol. The van der Waals surface area contributed by atoms with Gasteiger partial charge in [0.2, 0.25) is 5.88 Å². The molecule has 33 heavy (non-hydrogen) atoms. The number of aryl methyl sites for hydroxylation is 1. The molecule has 0 spiro atoms. The van der Waals surface area contributed by atoms with Crippen molar-refractivity contribution in [2.24, 2.45) is 4.36 Å². The Morgan fingerprint density at radius 3 is 2.79 bits per heavy atom. The van der Waals surface area contributed by atoms with Crippen molar-refractivity contribution in [3.8, 4) is 5.88 Å². The number of fused-ring (bicyclic) bond motifs is 1. The first-order chi connectivity index (χ1) is 16.0. The van der Waals surface area contributed by atoms with E-state index in [1.54, 1.807) is 13.3 Å². The second-order valence-electron chi connectivity index (χ2n) is 8.31. The summed E-state index contributed by atoms with van der Waals surface area (Å²) in [5, 5.41) is 4.22. The Balaban J connectivity index is 1.47. The van der Waals surface area contributed by atoms with Crippen molar-refractivity contribution in [3.63, 3.8) is 0 Å². The second-order valence-corrected chi connectivity index (χ2v) is 10.9. The van der Waals surface area contributed by atoms with Crippen LogP contribution in [0.25, 0.3) is 10.9 Å². The summed E-state index contributed by atoms with van der Waals surface area (Å²) in [6.07, 6.45) is 4.74. The molecule has 0 amide bonds. The molecule has 2 aliphatic heterocycles. The number of methoxy groups -OCH3 is 1. The van der Waals surface area contributed by atoms with E-state index >= 15 is 0 Å². The summed E-state index contributed by atoms with van der Waals surface area (Å²) in [6, 6.07) is 7.54. The van der Waals surface area contributed by atoms with Gasteiger partial charge in [0, 0.05) is 30.2 Å². The molecular weight excluding hydrogens is 442 g/mol. The zero-order valence-electron chi connectivity index (χ0n) is 18.7. The summed E-state index contributed by atoms with van der Waals surface area (Å²) in [5.74, 6) is 2.42. The molecule has 0 radical (unpaired) electrons. The summed E-state index contributed by atoms with van der Waals surface area (Å²) in [6.45, 7) is 2.92. The topological polar surface area (TPSA) is 108 Å². The Labute approximate surface area is 193 Å². The fraction of sp³-hybridized carbons (Fsp3) is 0.435. The van der Waals surface area contributed by atoms with Gasteiger partial charge < -0.3 is 19.5 Å². The Kier molecular flexibility index (Phi) is 6.13. The van der Waals surface area contributed by atoms with Gasteiger partial charge in [-0.2, -0.15) is 4.36 Å². The number of rotatable bonds is 6. The lowest BCUT2D eigenvalue weighted by molar-refractivity contribution is 0.0311. The van der Waals surface area contributed by atoms with E-state index in [-0.39, 0.29) is 12.2 Å². The molecule has 10 heteroatoms. The predicted octanol–water partition coefficient (Wildman–Crippen LogP) is 3.76. The minimum Gasteiger partial charge on any atom is -0.468 e. The highest BCUT2D eigenvalue weighted by atomic mass is 32.2. The zero-order valence-corrected chi connectivity index (χ0v) is 19.5. The van der Waals surface area contributed by atoms with Crippen LogP contribution in [0.1, 0.15) is 18.4 Å². The summed E-state index contributed by atoms with van der Waals surface area (Å²) < 4.78 is 34.5. The molecule has 0 saturated carbocycles. The van der Waals surface area contributed by atoms with Crippen LogP contribution < -0.4 is 10.1 Å². The highest BCUT2D eigenvalue weighted by Gasteiger charge is 2.31. The number of hydrogen-bond acceptors (Lipinski definition) is 9. The van der Waals surface area contributed by atoms with E-state index in [1.807, 2.05) is 31.2 Å². The Morgan fingerprint density at radius 1 is 1.15 bits per heavy atom. The van der Waals surface area contributed by atoms with Crippen LogP contribution in [0.2, 0.25) is 0 Å². The zero-order chi connectivity index (χ0) is 22.8. The summed E-state index contributed by atoms with van der Waals surface area (Å²) in [5.41, 5.74) is 3.07. The molecule has 2 atom stereocenters. The first-order valence-electron chi connectivity index (χ1n) is 11.0. The average molecular weight is 470 g/mol. The second kappa shape index (κ2) is 9.20. The molecule has 0 aliphatic carbocycles. The van der Waals surface area contributed by atoms with E-state index in [0.29, 0.717) is 47.8 Å². The number of benzene rings is 1. The predicted molar refractivity (Wildman–Crippen MR) is 127 cm³/mol. The maximum absolute atomic E-state index is 12.9. The number of aromatic nitrogens is 3. The minimum absolute atomic E-state index is 0.143. The van der Waals surface area contributed by atoms with Gasteiger partial charge in [-0.1, -0.05) is 0 Å². The van der Waals surface area contributed by atoms with Gasteiger partial charge >= 0.3 is 0 Å². The van der Waals surface area contributed by atoms with E-state index in [2.05, 4.69) is 24.6 Å². The molecule has 2 aliphatic rings. The molecular formula is C23H27N5O4S. The first-order valence-corrected chi connectivity index (χ1v) is 12.9. The van der Waals surface area contributed by atoms with Crippen molar-refractivity contribution in [2.45, 2.75) is 32.0 Å². The van der Waals surface area contributed by atoms with E-state index in [4.69, 9.17) is 14.2 Å². The Bertz CT molecular complexity index is 1280. The van der Waals surface area contributed by atoms with Crippen LogP contribution in [0.5, 0.6) is 5.88 Å². The summed E-state index contributed by atoms with van der Waals surface area (Å²) >= 11 is 0. The summed E-state index contributed by atoms with van der Waals surface area (Å²) in [4.78, 5) is 13.3. The Hall–Kier alpha value is -2.82. The molecule has 1 aromatic carbocycles. The van der Waals surface area contributed by atoms with E-state index in [0.717, 1.165) is 29.3 Å². The maximum Gasteiger partial charge on any atom is 0.238 e. The van der Waals surface area contributed by atoms with Crippen LogP contribution in [0.15, 0.2) is 41.2 Å². The molecule has 5 rings (SSSR count). The van der Waals surface area contributed by atoms with Crippen LogP contribution in [-0.2, 0) is 19.2 Å². The van der Waals surface area contributed by atoms with Crippen LogP contribution in [-0.4, -0.2) is 63.2 Å². The third-order valence-electron chi connectivity index (χ3n) is 5.94. The van der Waals surface area contributed by atoms with Gasteiger partial charge in [-0.25, -0.2) is 19.2 Å². The molecule has 1 N–H and O–H groups in total. The minimum atomic E-state index is -2.15. The fourth-order valence-electron chi connectivity index (χ4n) is 4.26. The fourth-order valence-corrected chi connectivity index (χ4v) is 6.44. The molecule has 2 fully saturated rings. The van der Waals surface area contributed by atoms with Crippen LogP contribution in [0.3, 0.4) is 0 Å². The molecule has 4 heterocycles. The van der Waals surface area contributed by atoms with Gasteiger partial charge in [-0.05, 0) is 49.6 Å². The number of nitrogens with one attached hydrogen (secondary N) is 1. The molecule has 0 bridgehead atoms. The Morgan fingerprint density at radius 2 is 1.97 bits per heavy atom. The van der Waals surface area contributed by atoms with Gasteiger partial charge in [-0.3, -0.25) is 0 Å². The first kappa shape index (κ1) is 22.0. The van der Waals surface area contributed by atoms with Gasteiger partial charge in [0.15, 0.2) is 6.10 Å². The number of pyridine rings is 1. The lowest BCUT2D eigenvalue weighted by Gasteiger charge is -2.19. The lowest BCUT2D eigenvalue weighted by atomic mass is 10.1. The van der Waals surface area contributed by atoms with Crippen molar-refractivity contribution >= 4 is 37.8 Å². The van der Waals surface area contributed by atoms with Crippen LogP contribution >= 0.6 is 0 Å². The maximum atomic E-state index is 12.9. The van der Waals surface area contributed by atoms with Crippen molar-refractivity contribution in [3.05, 3.63) is 42.4 Å². The normalized spacial score (nSPS) is 21.9. The quantitative estimate of drug-likeness (QED) is 0.581. The van der Waals surface area contributed by atoms with Gasteiger partial charge in [-0.15, -0.1) is 0 Å².